The number of aliphatic carboxylic acids is 1. The van der Waals surface area contributed by atoms with Gasteiger partial charge in [-0.05, 0) is 13.5 Å². The summed E-state index contributed by atoms with van der Waals surface area (Å²) in [5, 5.41) is 12.7. The Hall–Kier alpha value is -1.43. The summed E-state index contributed by atoms with van der Waals surface area (Å²) in [7, 11) is 1.88. The highest BCUT2D eigenvalue weighted by Crippen LogP contribution is 2.01. The van der Waals surface area contributed by atoms with Crippen LogP contribution in [0.25, 0.3) is 0 Å². The van der Waals surface area contributed by atoms with E-state index in [4.69, 9.17) is 5.11 Å². The van der Waals surface area contributed by atoms with Crippen LogP contribution in [0.3, 0.4) is 0 Å². The molecule has 0 fully saturated rings. The molecule has 16 heavy (non-hydrogen) atoms. The minimum Gasteiger partial charge on any atom is -0.481 e. The van der Waals surface area contributed by atoms with Crippen LogP contribution in [0.1, 0.15) is 25.6 Å². The summed E-state index contributed by atoms with van der Waals surface area (Å²) >= 11 is 0. The molecule has 90 valence electrons. The van der Waals surface area contributed by atoms with Gasteiger partial charge in [0.1, 0.15) is 12.2 Å². The van der Waals surface area contributed by atoms with Crippen molar-refractivity contribution < 1.29 is 9.90 Å². The summed E-state index contributed by atoms with van der Waals surface area (Å²) in [6.45, 7) is 4.09. The highest BCUT2D eigenvalue weighted by Gasteiger charge is 2.08. The summed E-state index contributed by atoms with van der Waals surface area (Å²) in [4.78, 5) is 16.5. The van der Waals surface area contributed by atoms with Gasteiger partial charge >= 0.3 is 5.97 Å². The third-order valence-electron chi connectivity index (χ3n) is 2.25. The van der Waals surface area contributed by atoms with Crippen LogP contribution in [0.5, 0.6) is 0 Å². The van der Waals surface area contributed by atoms with Gasteiger partial charge in [-0.15, -0.1) is 0 Å². The van der Waals surface area contributed by atoms with Crippen molar-refractivity contribution in [1.82, 2.24) is 19.7 Å². The number of hydrogen-bond donors (Lipinski definition) is 1. The van der Waals surface area contributed by atoms with Crippen LogP contribution in [0, 0.1) is 0 Å². The molecule has 0 bridgehead atoms. The fourth-order valence-electron chi connectivity index (χ4n) is 1.42. The molecule has 1 heterocycles. The van der Waals surface area contributed by atoms with E-state index in [1.54, 1.807) is 0 Å². The van der Waals surface area contributed by atoms with Gasteiger partial charge in [0.2, 0.25) is 0 Å². The van der Waals surface area contributed by atoms with Crippen LogP contribution in [0.4, 0.5) is 0 Å². The van der Waals surface area contributed by atoms with Gasteiger partial charge in [-0.2, -0.15) is 5.10 Å². The van der Waals surface area contributed by atoms with E-state index < -0.39 is 5.97 Å². The Morgan fingerprint density at radius 2 is 2.38 bits per heavy atom. The molecule has 0 aliphatic heterocycles. The first-order valence-corrected chi connectivity index (χ1v) is 5.40. The lowest BCUT2D eigenvalue weighted by Gasteiger charge is -2.15. The van der Waals surface area contributed by atoms with E-state index in [9.17, 15) is 4.79 Å². The Morgan fingerprint density at radius 3 is 3.00 bits per heavy atom. The number of rotatable bonds is 7. The van der Waals surface area contributed by atoms with Gasteiger partial charge in [0.25, 0.3) is 0 Å². The average molecular weight is 226 g/mol. The van der Waals surface area contributed by atoms with E-state index in [0.717, 1.165) is 18.8 Å². The molecule has 0 amide bonds. The minimum atomic E-state index is -0.776. The molecule has 0 atom stereocenters. The van der Waals surface area contributed by atoms with E-state index in [1.165, 1.54) is 6.33 Å². The number of nitrogens with zero attached hydrogens (tertiary/aromatic N) is 4. The molecule has 1 N–H and O–H groups in total. The van der Waals surface area contributed by atoms with Gasteiger partial charge in [-0.25, -0.2) is 9.67 Å². The predicted octanol–water partition coefficient (Wildman–Crippen LogP) is 0.595. The summed E-state index contributed by atoms with van der Waals surface area (Å²) in [6, 6.07) is 0. The van der Waals surface area contributed by atoms with Crippen LogP contribution in [-0.4, -0.2) is 44.3 Å². The first kappa shape index (κ1) is 12.6. The lowest BCUT2D eigenvalue weighted by atomic mass is 10.4. The van der Waals surface area contributed by atoms with Crippen LogP contribution >= 0.6 is 0 Å². The second-order valence-electron chi connectivity index (χ2n) is 3.78. The minimum absolute atomic E-state index is 0.151. The Morgan fingerprint density at radius 1 is 1.62 bits per heavy atom. The fraction of sp³-hybridized carbons (Fsp3) is 0.700. The topological polar surface area (TPSA) is 71.2 Å². The monoisotopic (exact) mass is 226 g/mol. The van der Waals surface area contributed by atoms with Gasteiger partial charge in [0.05, 0.1) is 13.0 Å². The van der Waals surface area contributed by atoms with E-state index >= 15 is 0 Å². The lowest BCUT2D eigenvalue weighted by Crippen LogP contribution is -2.23. The zero-order valence-electron chi connectivity index (χ0n) is 9.76. The van der Waals surface area contributed by atoms with Crippen LogP contribution < -0.4 is 0 Å². The van der Waals surface area contributed by atoms with Gasteiger partial charge in [-0.1, -0.05) is 6.92 Å². The molecule has 1 rings (SSSR count). The Balaban J connectivity index is 2.45. The Kier molecular flexibility index (Phi) is 4.91. The maximum atomic E-state index is 10.4. The van der Waals surface area contributed by atoms with Gasteiger partial charge in [-0.3, -0.25) is 9.69 Å². The quantitative estimate of drug-likeness (QED) is 0.737. The smallest absolute Gasteiger partial charge is 0.304 e. The van der Waals surface area contributed by atoms with E-state index in [-0.39, 0.29) is 6.42 Å². The maximum absolute atomic E-state index is 10.4. The van der Waals surface area contributed by atoms with Gasteiger partial charge in [0.15, 0.2) is 0 Å². The maximum Gasteiger partial charge on any atom is 0.304 e. The lowest BCUT2D eigenvalue weighted by molar-refractivity contribution is -0.137. The summed E-state index contributed by atoms with van der Waals surface area (Å²) < 4.78 is 1.86. The van der Waals surface area contributed by atoms with Crippen LogP contribution in [-0.2, 0) is 17.9 Å². The number of hydrogen-bond acceptors (Lipinski definition) is 4. The third-order valence-corrected chi connectivity index (χ3v) is 2.25. The molecule has 0 radical (unpaired) electrons. The SMILES string of the molecule is CCCn1ncnc1CN(C)CCC(=O)O. The zero-order valence-corrected chi connectivity index (χ0v) is 9.76. The molecule has 6 heteroatoms. The van der Waals surface area contributed by atoms with E-state index in [2.05, 4.69) is 17.0 Å². The molecule has 0 aliphatic carbocycles. The standard InChI is InChI=1S/C10H18N4O2/c1-3-5-14-9(11-8-12-14)7-13(2)6-4-10(15)16/h8H,3-7H2,1-2H3,(H,15,16). The molecule has 0 aliphatic rings. The third kappa shape index (κ3) is 3.98. The van der Waals surface area contributed by atoms with E-state index in [1.807, 2.05) is 16.6 Å². The van der Waals surface area contributed by atoms with Crippen molar-refractivity contribution in [2.45, 2.75) is 32.9 Å². The van der Waals surface area contributed by atoms with Crippen molar-refractivity contribution >= 4 is 5.97 Å². The first-order chi connectivity index (χ1) is 7.63. The molecule has 0 spiro atoms. The van der Waals surface area contributed by atoms with Gasteiger partial charge in [0, 0.05) is 13.1 Å². The molecule has 1 aromatic heterocycles. The van der Waals surface area contributed by atoms with Crippen LogP contribution in [0.2, 0.25) is 0 Å². The van der Waals surface area contributed by atoms with Crippen molar-refractivity contribution in [2.24, 2.45) is 0 Å². The molecule has 6 nitrogen and oxygen atoms in total. The van der Waals surface area contributed by atoms with Crippen molar-refractivity contribution in [3.63, 3.8) is 0 Å². The molecule has 0 aromatic carbocycles. The first-order valence-electron chi connectivity index (χ1n) is 5.40. The highest BCUT2D eigenvalue weighted by atomic mass is 16.4. The molecule has 0 saturated carbocycles. The van der Waals surface area contributed by atoms with Crippen molar-refractivity contribution in [2.75, 3.05) is 13.6 Å². The van der Waals surface area contributed by atoms with Crippen molar-refractivity contribution in [3.05, 3.63) is 12.2 Å². The molecular formula is C10H18N4O2. The molecule has 0 unspecified atom stereocenters. The number of carboxylic acids is 1. The van der Waals surface area contributed by atoms with Gasteiger partial charge < -0.3 is 5.11 Å². The summed E-state index contributed by atoms with van der Waals surface area (Å²) in [5.41, 5.74) is 0. The highest BCUT2D eigenvalue weighted by molar-refractivity contribution is 5.66. The number of aromatic nitrogens is 3. The second-order valence-corrected chi connectivity index (χ2v) is 3.78. The van der Waals surface area contributed by atoms with Crippen molar-refractivity contribution in [3.8, 4) is 0 Å². The largest absolute Gasteiger partial charge is 0.481 e. The fourth-order valence-corrected chi connectivity index (χ4v) is 1.42. The normalized spacial score (nSPS) is 10.9. The van der Waals surface area contributed by atoms with Crippen LogP contribution in [0.15, 0.2) is 6.33 Å². The van der Waals surface area contributed by atoms with E-state index in [0.29, 0.717) is 13.1 Å². The van der Waals surface area contributed by atoms with Crippen molar-refractivity contribution in [1.29, 1.82) is 0 Å². The Bertz CT molecular complexity index is 337. The number of carboxylic acid groups (broad SMARTS) is 1. The molecular weight excluding hydrogens is 208 g/mol. The Labute approximate surface area is 94.9 Å². The second kappa shape index (κ2) is 6.22. The number of aryl methyl sites for hydroxylation is 1. The predicted molar refractivity (Wildman–Crippen MR) is 58.9 cm³/mol. The summed E-state index contributed by atoms with van der Waals surface area (Å²) in [6.07, 6.45) is 2.70. The number of carbonyl (C=O) groups is 1. The average Bonchev–Trinajstić information content (AvgIpc) is 2.63. The summed E-state index contributed by atoms with van der Waals surface area (Å²) in [5.74, 6) is 0.108. The molecule has 1 aromatic rings. The zero-order chi connectivity index (χ0) is 12.0. The molecule has 0 saturated heterocycles.